The number of methoxy groups -OCH3 is 1. The van der Waals surface area contributed by atoms with Crippen molar-refractivity contribution in [2.45, 2.75) is 12.8 Å². The fourth-order valence-electron chi connectivity index (χ4n) is 2.67. The molecule has 3 rings (SSSR count). The number of ether oxygens (including phenoxy) is 1. The molecule has 0 unspecified atom stereocenters. The van der Waals surface area contributed by atoms with Crippen molar-refractivity contribution >= 4 is 22.6 Å². The largest absolute Gasteiger partial charge is 0.497 e. The van der Waals surface area contributed by atoms with E-state index >= 15 is 0 Å². The molecule has 0 saturated heterocycles. The van der Waals surface area contributed by atoms with Gasteiger partial charge in [-0.1, -0.05) is 6.07 Å². The van der Waals surface area contributed by atoms with Crippen LogP contribution in [-0.2, 0) is 12.8 Å². The van der Waals surface area contributed by atoms with Gasteiger partial charge in [-0.15, -0.1) is 0 Å². The van der Waals surface area contributed by atoms with Crippen LogP contribution in [0.3, 0.4) is 0 Å². The average molecular weight is 301 g/mol. The van der Waals surface area contributed by atoms with Crippen molar-refractivity contribution in [2.75, 3.05) is 7.11 Å². The summed E-state index contributed by atoms with van der Waals surface area (Å²) in [5.41, 5.74) is 3.57. The molecule has 0 radical (unpaired) electrons. The van der Waals surface area contributed by atoms with Crippen LogP contribution in [0.1, 0.15) is 37.4 Å². The van der Waals surface area contributed by atoms with E-state index in [-0.39, 0.29) is 5.78 Å². The summed E-state index contributed by atoms with van der Waals surface area (Å²) in [5, 5.41) is -0.506. The fraction of sp³-hybridized carbons (Fsp3) is 0.176. The van der Waals surface area contributed by atoms with Crippen LogP contribution in [0.5, 0.6) is 5.75 Å². The molecular weight excluding hydrogens is 288 g/mol. The third kappa shape index (κ3) is 2.45. The summed E-state index contributed by atoms with van der Waals surface area (Å²) in [7, 11) is 1.58. The molecule has 2 aromatic rings. The van der Waals surface area contributed by atoms with Crippen LogP contribution in [0.2, 0.25) is 0 Å². The fourth-order valence-corrected chi connectivity index (χ4v) is 2.79. The lowest BCUT2D eigenvalue weighted by molar-refractivity contribution is 0.103. The molecule has 0 heterocycles. The summed E-state index contributed by atoms with van der Waals surface area (Å²) >= 11 is 5.51. The van der Waals surface area contributed by atoms with Crippen molar-refractivity contribution in [3.63, 3.8) is 0 Å². The van der Waals surface area contributed by atoms with Gasteiger partial charge in [-0.3, -0.25) is 9.59 Å². The molecule has 3 nitrogen and oxygen atoms in total. The van der Waals surface area contributed by atoms with Crippen molar-refractivity contribution in [1.29, 1.82) is 0 Å². The second-order valence-electron chi connectivity index (χ2n) is 5.00. The molecule has 0 atom stereocenters. The van der Waals surface area contributed by atoms with E-state index in [0.717, 1.165) is 17.5 Å². The molecule has 2 aromatic carbocycles. The van der Waals surface area contributed by atoms with Gasteiger partial charge in [0.2, 0.25) is 0 Å². The zero-order valence-corrected chi connectivity index (χ0v) is 12.2. The van der Waals surface area contributed by atoms with Crippen LogP contribution in [-0.4, -0.2) is 18.1 Å². The van der Waals surface area contributed by atoms with Gasteiger partial charge in [-0.05, 0) is 65.9 Å². The second-order valence-corrected chi connectivity index (χ2v) is 5.34. The smallest absolute Gasteiger partial charge is 0.252 e. The van der Waals surface area contributed by atoms with Crippen LogP contribution in [0.4, 0.5) is 0 Å². The highest BCUT2D eigenvalue weighted by Crippen LogP contribution is 2.28. The van der Waals surface area contributed by atoms with E-state index in [1.165, 1.54) is 0 Å². The molecule has 106 valence electrons. The quantitative estimate of drug-likeness (QED) is 0.798. The summed E-state index contributed by atoms with van der Waals surface area (Å²) < 4.78 is 5.19. The standard InChI is InChI=1S/C17H13ClO3/c1-21-13-6-4-10-2-3-11-8-12(17(18)20)5-7-14(11)16(19)15(10)9-13/h4-9H,2-3H2,1H3. The summed E-state index contributed by atoms with van der Waals surface area (Å²) in [4.78, 5) is 24.0. The van der Waals surface area contributed by atoms with E-state index in [1.54, 1.807) is 31.4 Å². The summed E-state index contributed by atoms with van der Waals surface area (Å²) in [6, 6.07) is 10.5. The van der Waals surface area contributed by atoms with Crippen molar-refractivity contribution in [2.24, 2.45) is 0 Å². The van der Waals surface area contributed by atoms with Gasteiger partial charge in [0, 0.05) is 16.7 Å². The van der Waals surface area contributed by atoms with Gasteiger partial charge in [-0.25, -0.2) is 0 Å². The molecule has 0 aromatic heterocycles. The number of benzene rings is 2. The number of carbonyl (C=O) groups is 2. The molecule has 0 aliphatic heterocycles. The van der Waals surface area contributed by atoms with Crippen LogP contribution in [0.15, 0.2) is 36.4 Å². The number of ketones is 1. The van der Waals surface area contributed by atoms with Gasteiger partial charge in [0.05, 0.1) is 7.11 Å². The van der Waals surface area contributed by atoms with Crippen molar-refractivity contribution in [3.8, 4) is 5.75 Å². The van der Waals surface area contributed by atoms with E-state index in [1.807, 2.05) is 12.1 Å². The summed E-state index contributed by atoms with van der Waals surface area (Å²) in [6.07, 6.45) is 1.45. The first-order chi connectivity index (χ1) is 10.1. The number of halogens is 1. The Morgan fingerprint density at radius 2 is 1.81 bits per heavy atom. The molecule has 0 amide bonds. The Hall–Kier alpha value is -2.13. The van der Waals surface area contributed by atoms with E-state index in [9.17, 15) is 9.59 Å². The maximum atomic E-state index is 12.7. The molecule has 1 aliphatic carbocycles. The molecule has 0 spiro atoms. The lowest BCUT2D eigenvalue weighted by Crippen LogP contribution is -2.05. The summed E-state index contributed by atoms with van der Waals surface area (Å²) in [5.74, 6) is 0.628. The third-order valence-electron chi connectivity index (χ3n) is 3.80. The lowest BCUT2D eigenvalue weighted by atomic mass is 9.97. The highest BCUT2D eigenvalue weighted by molar-refractivity contribution is 6.67. The predicted octanol–water partition coefficient (Wildman–Crippen LogP) is 3.40. The Balaban J connectivity index is 2.12. The van der Waals surface area contributed by atoms with Crippen LogP contribution in [0, 0.1) is 0 Å². The Morgan fingerprint density at radius 1 is 1.05 bits per heavy atom. The average Bonchev–Trinajstić information content (AvgIpc) is 2.64. The predicted molar refractivity (Wildman–Crippen MR) is 80.5 cm³/mol. The second kappa shape index (κ2) is 5.34. The van der Waals surface area contributed by atoms with Gasteiger partial charge >= 0.3 is 0 Å². The lowest BCUT2D eigenvalue weighted by Gasteiger charge is -2.08. The van der Waals surface area contributed by atoms with Gasteiger partial charge < -0.3 is 4.74 Å². The third-order valence-corrected chi connectivity index (χ3v) is 4.02. The Bertz CT molecular complexity index is 750. The molecule has 0 N–H and O–H groups in total. The number of hydrogen-bond donors (Lipinski definition) is 0. The van der Waals surface area contributed by atoms with E-state index in [2.05, 4.69) is 0 Å². The van der Waals surface area contributed by atoms with Gasteiger partial charge in [-0.2, -0.15) is 0 Å². The van der Waals surface area contributed by atoms with Crippen LogP contribution in [0.25, 0.3) is 0 Å². The van der Waals surface area contributed by atoms with Crippen molar-refractivity contribution < 1.29 is 14.3 Å². The zero-order valence-electron chi connectivity index (χ0n) is 11.5. The number of hydrogen-bond acceptors (Lipinski definition) is 3. The molecule has 1 aliphatic rings. The highest BCUT2D eigenvalue weighted by Gasteiger charge is 2.22. The molecule has 0 fully saturated rings. The Labute approximate surface area is 127 Å². The minimum absolute atomic E-state index is 0.0371. The number of fused-ring (bicyclic) bond motifs is 2. The van der Waals surface area contributed by atoms with Gasteiger partial charge in [0.1, 0.15) is 5.75 Å². The van der Waals surface area contributed by atoms with E-state index in [4.69, 9.17) is 16.3 Å². The monoisotopic (exact) mass is 300 g/mol. The van der Waals surface area contributed by atoms with Gasteiger partial charge in [0.25, 0.3) is 5.24 Å². The SMILES string of the molecule is COc1ccc2c(c1)C(=O)c1ccc(C(=O)Cl)cc1CC2. The molecule has 4 heteroatoms. The molecular formula is C17H13ClO3. The highest BCUT2D eigenvalue weighted by atomic mass is 35.5. The summed E-state index contributed by atoms with van der Waals surface area (Å²) in [6.45, 7) is 0. The minimum Gasteiger partial charge on any atom is -0.497 e. The van der Waals surface area contributed by atoms with Gasteiger partial charge in [0.15, 0.2) is 5.78 Å². The number of rotatable bonds is 2. The normalized spacial score (nSPS) is 13.1. The maximum Gasteiger partial charge on any atom is 0.252 e. The van der Waals surface area contributed by atoms with Crippen LogP contribution >= 0.6 is 11.6 Å². The minimum atomic E-state index is -0.506. The van der Waals surface area contributed by atoms with E-state index < -0.39 is 5.24 Å². The number of aryl methyl sites for hydroxylation is 2. The topological polar surface area (TPSA) is 43.4 Å². The first-order valence-corrected chi connectivity index (χ1v) is 7.02. The number of carbonyl (C=O) groups excluding carboxylic acids is 2. The van der Waals surface area contributed by atoms with E-state index in [0.29, 0.717) is 28.9 Å². The Morgan fingerprint density at radius 3 is 2.52 bits per heavy atom. The first-order valence-electron chi connectivity index (χ1n) is 6.64. The Kier molecular flexibility index (Phi) is 3.52. The van der Waals surface area contributed by atoms with Crippen molar-refractivity contribution in [1.82, 2.24) is 0 Å². The molecule has 0 bridgehead atoms. The first kappa shape index (κ1) is 13.8. The van der Waals surface area contributed by atoms with Crippen LogP contribution < -0.4 is 4.74 Å². The maximum absolute atomic E-state index is 12.7. The molecule has 0 saturated carbocycles. The zero-order chi connectivity index (χ0) is 15.0. The molecule has 21 heavy (non-hydrogen) atoms. The van der Waals surface area contributed by atoms with Crippen molar-refractivity contribution in [3.05, 3.63) is 64.2 Å².